The van der Waals surface area contributed by atoms with Crippen LogP contribution in [0.25, 0.3) is 22.2 Å². The van der Waals surface area contributed by atoms with Crippen molar-refractivity contribution in [1.82, 2.24) is 29.9 Å². The van der Waals surface area contributed by atoms with Gasteiger partial charge in [0, 0.05) is 42.5 Å². The molecule has 2 aliphatic heterocycles. The van der Waals surface area contributed by atoms with Gasteiger partial charge in [-0.3, -0.25) is 14.7 Å². The number of ether oxygens (including phenoxy) is 1. The highest BCUT2D eigenvalue weighted by Gasteiger charge is 2.58. The monoisotopic (exact) mass is 379 g/mol. The maximum atomic E-state index is 5.99. The van der Waals surface area contributed by atoms with Crippen LogP contribution in [-0.4, -0.2) is 62.2 Å². The van der Waals surface area contributed by atoms with Gasteiger partial charge in [-0.1, -0.05) is 0 Å². The predicted molar refractivity (Wildman–Crippen MR) is 106 cm³/mol. The maximum absolute atomic E-state index is 5.99. The second-order valence-electron chi connectivity index (χ2n) is 8.71. The molecule has 1 unspecified atom stereocenters. The van der Waals surface area contributed by atoms with Gasteiger partial charge in [0.2, 0.25) is 0 Å². The molecule has 146 valence electrons. The number of likely N-dealkylation sites (tertiary alicyclic amines) is 1. The molecule has 0 bridgehead atoms. The third-order valence-corrected chi connectivity index (χ3v) is 6.75. The molecule has 3 atom stereocenters. The van der Waals surface area contributed by atoms with E-state index in [1.54, 1.807) is 12.4 Å². The molecule has 3 fully saturated rings. The highest BCUT2D eigenvalue weighted by atomic mass is 16.5. The lowest BCUT2D eigenvalue weighted by Crippen LogP contribution is -2.48. The third-order valence-electron chi connectivity index (χ3n) is 6.75. The summed E-state index contributed by atoms with van der Waals surface area (Å²) in [6.07, 6.45) is 3.53. The zero-order chi connectivity index (χ0) is 19.0. The normalized spacial score (nSPS) is 27.5. The van der Waals surface area contributed by atoms with E-state index in [4.69, 9.17) is 15.6 Å². The number of hydrogen-bond donors (Lipinski definition) is 2. The Kier molecular flexibility index (Phi) is 3.40. The number of nitrogens with one attached hydrogen (secondary N) is 1. The molecule has 3 aromatic rings. The van der Waals surface area contributed by atoms with E-state index < -0.39 is 0 Å². The van der Waals surface area contributed by atoms with Gasteiger partial charge in [-0.25, -0.2) is 4.98 Å². The molecular formula is C20H25N7O. The molecule has 6 rings (SSSR count). The summed E-state index contributed by atoms with van der Waals surface area (Å²) in [5.41, 5.74) is 10.2. The SMILES string of the molecule is CC(C)n1nc(-c2cnc(N)c3cn[nH]c23)cc1C1[C@H]2CN(C3COC3)C[C@@H]12. The summed E-state index contributed by atoms with van der Waals surface area (Å²) in [6.45, 7) is 8.59. The van der Waals surface area contributed by atoms with Gasteiger partial charge in [0.25, 0.3) is 0 Å². The number of aromatic amines is 1. The van der Waals surface area contributed by atoms with E-state index in [9.17, 15) is 0 Å². The lowest BCUT2D eigenvalue weighted by molar-refractivity contribution is -0.0610. The Balaban J connectivity index is 1.34. The summed E-state index contributed by atoms with van der Waals surface area (Å²) in [6, 6.07) is 3.22. The van der Waals surface area contributed by atoms with Crippen molar-refractivity contribution in [2.75, 3.05) is 32.0 Å². The lowest BCUT2D eigenvalue weighted by atomic mass is 10.1. The maximum Gasteiger partial charge on any atom is 0.134 e. The molecule has 5 heterocycles. The van der Waals surface area contributed by atoms with Crippen LogP contribution >= 0.6 is 0 Å². The van der Waals surface area contributed by atoms with E-state index in [0.717, 1.165) is 47.2 Å². The van der Waals surface area contributed by atoms with Gasteiger partial charge in [-0.05, 0) is 31.7 Å². The first-order valence-electron chi connectivity index (χ1n) is 10.1. The van der Waals surface area contributed by atoms with Crippen molar-refractivity contribution in [3.8, 4) is 11.3 Å². The minimum atomic E-state index is 0.320. The van der Waals surface area contributed by atoms with E-state index in [1.165, 1.54) is 18.8 Å². The average Bonchev–Trinajstić information content (AvgIpc) is 3.11. The second kappa shape index (κ2) is 5.78. The fourth-order valence-electron chi connectivity index (χ4n) is 5.08. The summed E-state index contributed by atoms with van der Waals surface area (Å²) < 4.78 is 7.57. The molecule has 8 heteroatoms. The van der Waals surface area contributed by atoms with Gasteiger partial charge in [0.1, 0.15) is 5.82 Å². The number of anilines is 1. The average molecular weight is 379 g/mol. The number of fused-ring (bicyclic) bond motifs is 2. The molecule has 0 spiro atoms. The molecule has 1 aliphatic carbocycles. The molecular weight excluding hydrogens is 354 g/mol. The summed E-state index contributed by atoms with van der Waals surface area (Å²) in [5, 5.41) is 13.0. The van der Waals surface area contributed by atoms with E-state index in [0.29, 0.717) is 23.8 Å². The quantitative estimate of drug-likeness (QED) is 0.720. The minimum absolute atomic E-state index is 0.320. The van der Waals surface area contributed by atoms with Gasteiger partial charge in [0.15, 0.2) is 0 Å². The molecule has 8 nitrogen and oxygen atoms in total. The van der Waals surface area contributed by atoms with Crippen molar-refractivity contribution in [1.29, 1.82) is 0 Å². The Morgan fingerprint density at radius 1 is 1.21 bits per heavy atom. The molecule has 0 aromatic carbocycles. The number of nitrogens with two attached hydrogens (primary N) is 1. The summed E-state index contributed by atoms with van der Waals surface area (Å²) in [7, 11) is 0. The number of aromatic nitrogens is 5. The van der Waals surface area contributed by atoms with Gasteiger partial charge in [-0.2, -0.15) is 10.2 Å². The topological polar surface area (TPSA) is 97.9 Å². The number of nitrogen functional groups attached to an aromatic ring is 1. The van der Waals surface area contributed by atoms with Crippen LogP contribution in [0.5, 0.6) is 0 Å². The summed E-state index contributed by atoms with van der Waals surface area (Å²) in [4.78, 5) is 6.97. The van der Waals surface area contributed by atoms with Gasteiger partial charge in [0.05, 0.1) is 42.0 Å². The smallest absolute Gasteiger partial charge is 0.134 e. The number of H-pyrrole nitrogens is 1. The minimum Gasteiger partial charge on any atom is -0.383 e. The van der Waals surface area contributed by atoms with Gasteiger partial charge >= 0.3 is 0 Å². The molecule has 3 N–H and O–H groups in total. The third kappa shape index (κ3) is 2.28. The number of hydrogen-bond acceptors (Lipinski definition) is 6. The van der Waals surface area contributed by atoms with Crippen molar-refractivity contribution < 1.29 is 4.74 Å². The Labute approximate surface area is 163 Å². The van der Waals surface area contributed by atoms with Crippen molar-refractivity contribution in [2.45, 2.75) is 31.8 Å². The zero-order valence-corrected chi connectivity index (χ0v) is 16.2. The highest BCUT2D eigenvalue weighted by molar-refractivity contribution is 5.97. The van der Waals surface area contributed by atoms with E-state index in [-0.39, 0.29) is 0 Å². The van der Waals surface area contributed by atoms with E-state index >= 15 is 0 Å². The molecule has 3 aliphatic rings. The predicted octanol–water partition coefficient (Wildman–Crippen LogP) is 2.03. The molecule has 2 saturated heterocycles. The molecule has 3 aromatic heterocycles. The highest BCUT2D eigenvalue weighted by Crippen LogP contribution is 2.59. The summed E-state index contributed by atoms with van der Waals surface area (Å²) >= 11 is 0. The lowest BCUT2D eigenvalue weighted by Gasteiger charge is -2.35. The summed E-state index contributed by atoms with van der Waals surface area (Å²) in [5.74, 6) is 2.60. The Morgan fingerprint density at radius 2 is 2.00 bits per heavy atom. The molecule has 0 amide bonds. The second-order valence-corrected chi connectivity index (χ2v) is 8.71. The van der Waals surface area contributed by atoms with Crippen molar-refractivity contribution in [3.63, 3.8) is 0 Å². The number of piperidine rings is 1. The van der Waals surface area contributed by atoms with Crippen LogP contribution < -0.4 is 5.73 Å². The van der Waals surface area contributed by atoms with Crippen molar-refractivity contribution >= 4 is 16.7 Å². The zero-order valence-electron chi connectivity index (χ0n) is 16.2. The van der Waals surface area contributed by atoms with Crippen LogP contribution in [0, 0.1) is 11.8 Å². The van der Waals surface area contributed by atoms with E-state index in [2.05, 4.69) is 44.7 Å². The van der Waals surface area contributed by atoms with Gasteiger partial charge < -0.3 is 10.5 Å². The fraction of sp³-hybridized carbons (Fsp3) is 0.550. The van der Waals surface area contributed by atoms with E-state index in [1.807, 2.05) is 0 Å². The van der Waals surface area contributed by atoms with Crippen LogP contribution in [0.1, 0.15) is 31.5 Å². The number of pyridine rings is 1. The number of nitrogens with zero attached hydrogens (tertiary/aromatic N) is 5. The number of rotatable bonds is 4. The molecule has 0 radical (unpaired) electrons. The van der Waals surface area contributed by atoms with Crippen LogP contribution in [-0.2, 0) is 4.74 Å². The Bertz CT molecular complexity index is 1040. The Hall–Kier alpha value is -2.45. The van der Waals surface area contributed by atoms with Crippen LogP contribution in [0.15, 0.2) is 18.5 Å². The van der Waals surface area contributed by atoms with Crippen LogP contribution in [0.3, 0.4) is 0 Å². The standard InChI is InChI=1S/C20H25N7O/c1-10(2)27-17(18-14-6-26(7-15(14)18)11-8-28-9-11)3-16(25-27)12-4-22-20(21)13-5-23-24-19(12)13/h3-5,10-11,14-15,18H,6-9H2,1-2H3,(H2,21,22)(H,23,24)/t14-,15+,18?. The van der Waals surface area contributed by atoms with Crippen molar-refractivity contribution in [3.05, 3.63) is 24.2 Å². The Morgan fingerprint density at radius 3 is 2.68 bits per heavy atom. The molecule has 28 heavy (non-hydrogen) atoms. The van der Waals surface area contributed by atoms with Crippen LogP contribution in [0.4, 0.5) is 5.82 Å². The first-order chi connectivity index (χ1) is 13.6. The van der Waals surface area contributed by atoms with Gasteiger partial charge in [-0.15, -0.1) is 0 Å². The largest absolute Gasteiger partial charge is 0.383 e. The first-order valence-corrected chi connectivity index (χ1v) is 10.1. The van der Waals surface area contributed by atoms with Crippen molar-refractivity contribution in [2.24, 2.45) is 11.8 Å². The van der Waals surface area contributed by atoms with Crippen LogP contribution in [0.2, 0.25) is 0 Å². The first kappa shape index (κ1) is 16.5. The molecule has 1 saturated carbocycles. The fourth-order valence-corrected chi connectivity index (χ4v) is 5.08.